The Morgan fingerprint density at radius 2 is 0.792 bits per heavy atom. The SMILES string of the molecule is Cc1ccc(N(c2ccc(-n3c4ccccc4c4ccccc43)cc2)c2ccc(-n3c4ccccc4c4cc5sc6ccccc6c5cc43)cc2)cc1. The Morgan fingerprint density at radius 1 is 0.358 bits per heavy atom. The van der Waals surface area contributed by atoms with Gasteiger partial charge in [-0.15, -0.1) is 11.3 Å². The molecule has 0 atom stereocenters. The fourth-order valence-electron chi connectivity index (χ4n) is 8.31. The van der Waals surface area contributed by atoms with Gasteiger partial charge < -0.3 is 14.0 Å². The summed E-state index contributed by atoms with van der Waals surface area (Å²) < 4.78 is 7.46. The lowest BCUT2D eigenvalue weighted by molar-refractivity contribution is 1.17. The largest absolute Gasteiger partial charge is 0.311 e. The van der Waals surface area contributed by atoms with E-state index in [-0.39, 0.29) is 0 Å². The topological polar surface area (TPSA) is 13.1 Å². The summed E-state index contributed by atoms with van der Waals surface area (Å²) in [7, 11) is 0. The van der Waals surface area contributed by atoms with Crippen LogP contribution in [0.4, 0.5) is 17.1 Å². The predicted octanol–water partition coefficient (Wildman–Crippen LogP) is 14.0. The minimum Gasteiger partial charge on any atom is -0.311 e. The smallest absolute Gasteiger partial charge is 0.0548 e. The highest BCUT2D eigenvalue weighted by molar-refractivity contribution is 7.25. The third kappa shape index (κ3) is 4.66. The molecule has 0 N–H and O–H groups in total. The van der Waals surface area contributed by atoms with Gasteiger partial charge in [-0.05, 0) is 104 Å². The summed E-state index contributed by atoms with van der Waals surface area (Å²) in [5.74, 6) is 0. The van der Waals surface area contributed by atoms with Crippen molar-refractivity contribution in [3.8, 4) is 11.4 Å². The molecule has 11 rings (SSSR count). The zero-order chi connectivity index (χ0) is 35.0. The van der Waals surface area contributed by atoms with Crippen LogP contribution in [-0.2, 0) is 0 Å². The van der Waals surface area contributed by atoms with E-state index in [1.807, 2.05) is 11.3 Å². The maximum atomic E-state index is 2.43. The number of hydrogen-bond donors (Lipinski definition) is 0. The Balaban J connectivity index is 1.04. The second-order valence-electron chi connectivity index (χ2n) is 13.9. The minimum atomic E-state index is 1.11. The summed E-state index contributed by atoms with van der Waals surface area (Å²) in [6.45, 7) is 2.14. The van der Waals surface area contributed by atoms with Gasteiger partial charge in [0.15, 0.2) is 0 Å². The van der Waals surface area contributed by atoms with Gasteiger partial charge >= 0.3 is 0 Å². The Hall–Kier alpha value is -6.62. The van der Waals surface area contributed by atoms with E-state index in [4.69, 9.17) is 0 Å². The molecule has 0 saturated heterocycles. The van der Waals surface area contributed by atoms with Crippen LogP contribution in [0.5, 0.6) is 0 Å². The highest BCUT2D eigenvalue weighted by atomic mass is 32.1. The number of thiophene rings is 1. The van der Waals surface area contributed by atoms with Crippen molar-refractivity contribution in [3.05, 3.63) is 188 Å². The van der Waals surface area contributed by atoms with Crippen molar-refractivity contribution in [1.82, 2.24) is 9.13 Å². The molecule has 3 aromatic heterocycles. The molecular formula is C49H33N3S. The lowest BCUT2D eigenvalue weighted by Gasteiger charge is -2.26. The van der Waals surface area contributed by atoms with E-state index in [9.17, 15) is 0 Å². The van der Waals surface area contributed by atoms with E-state index in [2.05, 4.69) is 203 Å². The van der Waals surface area contributed by atoms with Crippen LogP contribution in [0.25, 0.3) is 75.2 Å². The van der Waals surface area contributed by atoms with Gasteiger partial charge in [-0.3, -0.25) is 0 Å². The number of nitrogens with zero attached hydrogens (tertiary/aromatic N) is 3. The van der Waals surface area contributed by atoms with Crippen molar-refractivity contribution in [2.75, 3.05) is 4.90 Å². The highest BCUT2D eigenvalue weighted by Crippen LogP contribution is 2.42. The number of fused-ring (bicyclic) bond motifs is 9. The lowest BCUT2D eigenvalue weighted by Crippen LogP contribution is -2.10. The normalized spacial score (nSPS) is 11.9. The van der Waals surface area contributed by atoms with Crippen LogP contribution in [0.2, 0.25) is 0 Å². The standard InChI is InChI=1S/C49H33N3S/c1-32-18-20-33(21-19-32)50(34-22-26-36(27-23-34)51-44-14-6-2-10-38(44)39-11-3-7-15-45(39)51)35-24-28-37(29-25-35)52-46-16-8-4-12-40(46)42-31-49-43(30-47(42)52)41-13-5-9-17-48(41)53-49/h2-31H,1H3. The van der Waals surface area contributed by atoms with E-state index in [1.165, 1.54) is 69.3 Å². The zero-order valence-electron chi connectivity index (χ0n) is 29.1. The second kappa shape index (κ2) is 11.7. The molecule has 3 nitrogen and oxygen atoms in total. The quantitative estimate of drug-likeness (QED) is 0.175. The number of anilines is 3. The van der Waals surface area contributed by atoms with E-state index in [0.29, 0.717) is 0 Å². The molecule has 0 aliphatic carbocycles. The Morgan fingerprint density at radius 3 is 1.34 bits per heavy atom. The van der Waals surface area contributed by atoms with Gasteiger partial charge in [0, 0.05) is 70.2 Å². The van der Waals surface area contributed by atoms with Gasteiger partial charge in [-0.1, -0.05) is 90.5 Å². The molecule has 0 spiro atoms. The van der Waals surface area contributed by atoms with Crippen LogP contribution in [0, 0.1) is 6.92 Å². The molecule has 0 unspecified atom stereocenters. The molecule has 53 heavy (non-hydrogen) atoms. The summed E-state index contributed by atoms with van der Waals surface area (Å²) in [6, 6.07) is 66.5. The summed E-state index contributed by atoms with van der Waals surface area (Å²) in [4.78, 5) is 2.35. The van der Waals surface area contributed by atoms with Crippen molar-refractivity contribution in [1.29, 1.82) is 0 Å². The van der Waals surface area contributed by atoms with Gasteiger partial charge in [-0.25, -0.2) is 0 Å². The van der Waals surface area contributed by atoms with Crippen LogP contribution in [0.1, 0.15) is 5.56 Å². The molecule has 11 aromatic rings. The second-order valence-corrected chi connectivity index (χ2v) is 15.0. The van der Waals surface area contributed by atoms with Crippen LogP contribution in [0.3, 0.4) is 0 Å². The van der Waals surface area contributed by atoms with Crippen molar-refractivity contribution in [2.24, 2.45) is 0 Å². The van der Waals surface area contributed by atoms with Gasteiger partial charge in [0.1, 0.15) is 0 Å². The van der Waals surface area contributed by atoms with Crippen molar-refractivity contribution in [3.63, 3.8) is 0 Å². The molecule has 0 aliphatic heterocycles. The summed E-state index contributed by atoms with van der Waals surface area (Å²) in [5, 5.41) is 7.73. The van der Waals surface area contributed by atoms with Crippen LogP contribution < -0.4 is 4.90 Å². The average Bonchev–Trinajstić information content (AvgIpc) is 3.86. The molecule has 0 fully saturated rings. The van der Waals surface area contributed by atoms with Crippen LogP contribution in [-0.4, -0.2) is 9.13 Å². The van der Waals surface area contributed by atoms with E-state index >= 15 is 0 Å². The van der Waals surface area contributed by atoms with Crippen LogP contribution in [0.15, 0.2) is 182 Å². The molecule has 250 valence electrons. The third-order valence-corrected chi connectivity index (χ3v) is 11.9. The number of para-hydroxylation sites is 3. The van der Waals surface area contributed by atoms with Gasteiger partial charge in [0.2, 0.25) is 0 Å². The first kappa shape index (κ1) is 30.0. The number of aromatic nitrogens is 2. The number of rotatable bonds is 5. The van der Waals surface area contributed by atoms with E-state index in [1.54, 1.807) is 0 Å². The number of benzene rings is 8. The highest BCUT2D eigenvalue weighted by Gasteiger charge is 2.18. The molecule has 0 aliphatic rings. The molecular weight excluding hydrogens is 663 g/mol. The first-order chi connectivity index (χ1) is 26.2. The van der Waals surface area contributed by atoms with Crippen molar-refractivity contribution in [2.45, 2.75) is 6.92 Å². The Kier molecular flexibility index (Phi) is 6.64. The van der Waals surface area contributed by atoms with Gasteiger partial charge in [0.05, 0.1) is 22.1 Å². The predicted molar refractivity (Wildman–Crippen MR) is 227 cm³/mol. The fourth-order valence-corrected chi connectivity index (χ4v) is 9.44. The Labute approximate surface area is 310 Å². The lowest BCUT2D eigenvalue weighted by atomic mass is 10.1. The summed E-state index contributed by atoms with van der Waals surface area (Å²) in [6.07, 6.45) is 0. The summed E-state index contributed by atoms with van der Waals surface area (Å²) in [5.41, 5.74) is 11.7. The molecule has 3 heterocycles. The average molecular weight is 696 g/mol. The monoisotopic (exact) mass is 695 g/mol. The fraction of sp³-hybridized carbons (Fsp3) is 0.0204. The number of hydrogen-bond acceptors (Lipinski definition) is 2. The first-order valence-electron chi connectivity index (χ1n) is 18.1. The molecule has 0 saturated carbocycles. The van der Waals surface area contributed by atoms with Crippen molar-refractivity contribution < 1.29 is 0 Å². The minimum absolute atomic E-state index is 1.11. The molecule has 8 aromatic carbocycles. The first-order valence-corrected chi connectivity index (χ1v) is 18.9. The molecule has 0 radical (unpaired) electrons. The van der Waals surface area contributed by atoms with Crippen LogP contribution >= 0.6 is 11.3 Å². The Bertz CT molecular complexity index is 3110. The van der Waals surface area contributed by atoms with Gasteiger partial charge in [0.25, 0.3) is 0 Å². The maximum absolute atomic E-state index is 2.43. The summed E-state index contributed by atoms with van der Waals surface area (Å²) >= 11 is 1.88. The van der Waals surface area contributed by atoms with Crippen molar-refractivity contribution >= 4 is 92.2 Å². The third-order valence-electron chi connectivity index (χ3n) is 10.8. The maximum Gasteiger partial charge on any atom is 0.0548 e. The van der Waals surface area contributed by atoms with E-state index in [0.717, 1.165) is 28.4 Å². The molecule has 0 bridgehead atoms. The zero-order valence-corrected chi connectivity index (χ0v) is 29.9. The van der Waals surface area contributed by atoms with E-state index < -0.39 is 0 Å². The van der Waals surface area contributed by atoms with Gasteiger partial charge in [-0.2, -0.15) is 0 Å². The number of aryl methyl sites for hydroxylation is 1. The molecule has 0 amide bonds. The molecule has 4 heteroatoms.